The molecule has 3 heterocycles. The molecule has 1 aromatic carbocycles. The number of hydrogen-bond donors (Lipinski definition) is 2. The molecule has 8 heteroatoms. The molecule has 2 aromatic heterocycles. The number of fused-ring (bicyclic) bond motifs is 2. The van der Waals surface area contributed by atoms with Gasteiger partial charge in [-0.3, -0.25) is 9.59 Å². The molecular formula is C22H25N5O3. The van der Waals surface area contributed by atoms with E-state index < -0.39 is 0 Å². The van der Waals surface area contributed by atoms with Gasteiger partial charge >= 0.3 is 0 Å². The predicted molar refractivity (Wildman–Crippen MR) is 114 cm³/mol. The molecule has 0 spiro atoms. The van der Waals surface area contributed by atoms with Crippen LogP contribution in [0.15, 0.2) is 30.5 Å². The molecule has 1 aliphatic rings. The van der Waals surface area contributed by atoms with E-state index in [4.69, 9.17) is 4.74 Å². The van der Waals surface area contributed by atoms with Crippen LogP contribution in [0.25, 0.3) is 11.0 Å². The summed E-state index contributed by atoms with van der Waals surface area (Å²) in [7, 11) is 0. The Kier molecular flexibility index (Phi) is 5.39. The lowest BCUT2D eigenvalue weighted by molar-refractivity contribution is -0.116. The molecule has 2 N–H and O–H groups in total. The minimum absolute atomic E-state index is 0.0402. The molecule has 0 unspecified atom stereocenters. The van der Waals surface area contributed by atoms with Crippen LogP contribution in [0.5, 0.6) is 5.75 Å². The van der Waals surface area contributed by atoms with Crippen molar-refractivity contribution in [3.63, 3.8) is 0 Å². The van der Waals surface area contributed by atoms with E-state index in [2.05, 4.69) is 20.7 Å². The summed E-state index contributed by atoms with van der Waals surface area (Å²) in [6, 6.07) is 7.64. The van der Waals surface area contributed by atoms with E-state index >= 15 is 0 Å². The Bertz CT molecular complexity index is 1120. The van der Waals surface area contributed by atoms with Crippen molar-refractivity contribution in [3.8, 4) is 5.75 Å². The summed E-state index contributed by atoms with van der Waals surface area (Å²) in [5.41, 5.74) is 3.89. The monoisotopic (exact) mass is 407 g/mol. The SMILES string of the molecule is Cc1nc2c(cnn2C(C)C)cc1C(=O)NCCOc1ccc2c(c1)CCC(=O)N2. The zero-order chi connectivity index (χ0) is 21.3. The van der Waals surface area contributed by atoms with Gasteiger partial charge in [0.1, 0.15) is 12.4 Å². The minimum Gasteiger partial charge on any atom is -0.492 e. The molecule has 0 saturated heterocycles. The molecule has 0 radical (unpaired) electrons. The summed E-state index contributed by atoms with van der Waals surface area (Å²) in [5.74, 6) is 0.578. The minimum atomic E-state index is -0.184. The Labute approximate surface area is 174 Å². The highest BCUT2D eigenvalue weighted by Gasteiger charge is 2.16. The average molecular weight is 407 g/mol. The lowest BCUT2D eigenvalue weighted by atomic mass is 10.0. The largest absolute Gasteiger partial charge is 0.492 e. The summed E-state index contributed by atoms with van der Waals surface area (Å²) in [5, 5.41) is 10.9. The van der Waals surface area contributed by atoms with Gasteiger partial charge in [0.05, 0.1) is 24.0 Å². The fourth-order valence-electron chi connectivity index (χ4n) is 3.55. The first-order chi connectivity index (χ1) is 14.4. The number of hydrogen-bond acceptors (Lipinski definition) is 5. The van der Waals surface area contributed by atoms with Crippen LogP contribution in [0.4, 0.5) is 5.69 Å². The maximum atomic E-state index is 12.6. The number of nitrogens with one attached hydrogen (secondary N) is 2. The van der Waals surface area contributed by atoms with E-state index in [1.807, 2.05) is 49.7 Å². The second-order valence-corrected chi connectivity index (χ2v) is 7.69. The molecule has 0 atom stereocenters. The van der Waals surface area contributed by atoms with Gasteiger partial charge in [0, 0.05) is 23.5 Å². The van der Waals surface area contributed by atoms with E-state index in [0.717, 1.165) is 28.0 Å². The van der Waals surface area contributed by atoms with Crippen LogP contribution in [-0.4, -0.2) is 39.7 Å². The number of pyridine rings is 1. The number of nitrogens with zero attached hydrogens (tertiary/aromatic N) is 3. The van der Waals surface area contributed by atoms with Crippen molar-refractivity contribution in [2.45, 2.75) is 39.7 Å². The molecule has 3 aromatic rings. The third kappa shape index (κ3) is 3.98. The number of carbonyl (C=O) groups is 2. The van der Waals surface area contributed by atoms with Gasteiger partial charge in [-0.1, -0.05) is 0 Å². The number of anilines is 1. The maximum Gasteiger partial charge on any atom is 0.253 e. The fraction of sp³-hybridized carbons (Fsp3) is 0.364. The van der Waals surface area contributed by atoms with Crippen LogP contribution < -0.4 is 15.4 Å². The second-order valence-electron chi connectivity index (χ2n) is 7.69. The zero-order valence-electron chi connectivity index (χ0n) is 17.4. The van der Waals surface area contributed by atoms with Gasteiger partial charge in [-0.25, -0.2) is 9.67 Å². The summed E-state index contributed by atoms with van der Waals surface area (Å²) in [4.78, 5) is 28.6. The van der Waals surface area contributed by atoms with Crippen LogP contribution in [0.2, 0.25) is 0 Å². The number of amides is 2. The Morgan fingerprint density at radius 3 is 2.93 bits per heavy atom. The smallest absolute Gasteiger partial charge is 0.253 e. The van der Waals surface area contributed by atoms with Gasteiger partial charge in [-0.2, -0.15) is 5.10 Å². The number of aryl methyl sites for hydroxylation is 2. The molecule has 0 saturated carbocycles. The van der Waals surface area contributed by atoms with Gasteiger partial charge in [-0.05, 0) is 57.0 Å². The first kappa shape index (κ1) is 19.9. The van der Waals surface area contributed by atoms with Gasteiger partial charge in [0.25, 0.3) is 5.91 Å². The average Bonchev–Trinajstić information content (AvgIpc) is 3.13. The van der Waals surface area contributed by atoms with Crippen LogP contribution in [0.3, 0.4) is 0 Å². The highest BCUT2D eigenvalue weighted by atomic mass is 16.5. The van der Waals surface area contributed by atoms with Crippen LogP contribution in [-0.2, 0) is 11.2 Å². The maximum absolute atomic E-state index is 12.6. The van der Waals surface area contributed by atoms with Crippen molar-refractivity contribution < 1.29 is 14.3 Å². The third-order valence-corrected chi connectivity index (χ3v) is 5.12. The quantitative estimate of drug-likeness (QED) is 0.612. The van der Waals surface area contributed by atoms with Crippen LogP contribution >= 0.6 is 0 Å². The number of aromatic nitrogens is 3. The standard InChI is InChI=1S/C22H25N5O3/c1-13(2)27-21-16(12-24-27)11-18(14(3)25-21)22(29)23-8-9-30-17-5-6-19-15(10-17)4-7-20(28)26-19/h5-6,10-13H,4,7-9H2,1-3H3,(H,23,29)(H,26,28). The molecule has 0 aliphatic carbocycles. The molecule has 2 amide bonds. The second kappa shape index (κ2) is 8.14. The molecule has 30 heavy (non-hydrogen) atoms. The van der Waals surface area contributed by atoms with Crippen LogP contribution in [0, 0.1) is 6.92 Å². The topological polar surface area (TPSA) is 98.1 Å². The van der Waals surface area contributed by atoms with Gasteiger partial charge in [0.2, 0.25) is 5.91 Å². The van der Waals surface area contributed by atoms with Crippen molar-refractivity contribution >= 4 is 28.5 Å². The normalized spacial score (nSPS) is 13.3. The molecule has 0 bridgehead atoms. The number of rotatable bonds is 6. The van der Waals surface area contributed by atoms with Gasteiger partial charge in [-0.15, -0.1) is 0 Å². The third-order valence-electron chi connectivity index (χ3n) is 5.12. The molecule has 1 aliphatic heterocycles. The highest BCUT2D eigenvalue weighted by molar-refractivity contribution is 5.98. The Balaban J connectivity index is 1.35. The van der Waals surface area contributed by atoms with Crippen molar-refractivity contribution in [2.75, 3.05) is 18.5 Å². The first-order valence-corrected chi connectivity index (χ1v) is 10.1. The molecular weight excluding hydrogens is 382 g/mol. The number of ether oxygens (including phenoxy) is 1. The summed E-state index contributed by atoms with van der Waals surface area (Å²) >= 11 is 0. The van der Waals surface area contributed by atoms with E-state index in [9.17, 15) is 9.59 Å². The van der Waals surface area contributed by atoms with Crippen molar-refractivity contribution in [1.82, 2.24) is 20.1 Å². The number of carbonyl (C=O) groups excluding carboxylic acids is 2. The fourth-order valence-corrected chi connectivity index (χ4v) is 3.55. The summed E-state index contributed by atoms with van der Waals surface area (Å²) in [6.07, 6.45) is 2.93. The Morgan fingerprint density at radius 1 is 1.30 bits per heavy atom. The summed E-state index contributed by atoms with van der Waals surface area (Å²) < 4.78 is 7.61. The van der Waals surface area contributed by atoms with Gasteiger partial charge in [0.15, 0.2) is 5.65 Å². The predicted octanol–water partition coefficient (Wildman–Crippen LogP) is 3.01. The Morgan fingerprint density at radius 2 is 2.13 bits per heavy atom. The summed E-state index contributed by atoms with van der Waals surface area (Å²) in [6.45, 7) is 6.63. The van der Waals surface area contributed by atoms with E-state index in [0.29, 0.717) is 37.3 Å². The zero-order valence-corrected chi connectivity index (χ0v) is 17.4. The van der Waals surface area contributed by atoms with E-state index in [-0.39, 0.29) is 17.9 Å². The Hall–Kier alpha value is -3.42. The lowest BCUT2D eigenvalue weighted by Gasteiger charge is -2.17. The molecule has 156 valence electrons. The molecule has 8 nitrogen and oxygen atoms in total. The molecule has 0 fully saturated rings. The van der Waals surface area contributed by atoms with Crippen molar-refractivity contribution in [1.29, 1.82) is 0 Å². The van der Waals surface area contributed by atoms with E-state index in [1.165, 1.54) is 0 Å². The van der Waals surface area contributed by atoms with E-state index in [1.54, 1.807) is 6.20 Å². The van der Waals surface area contributed by atoms with Crippen molar-refractivity contribution in [3.05, 3.63) is 47.3 Å². The first-order valence-electron chi connectivity index (χ1n) is 10.1. The van der Waals surface area contributed by atoms with Gasteiger partial charge < -0.3 is 15.4 Å². The van der Waals surface area contributed by atoms with Crippen molar-refractivity contribution in [2.24, 2.45) is 0 Å². The molecule has 4 rings (SSSR count). The van der Waals surface area contributed by atoms with Crippen LogP contribution in [0.1, 0.15) is 47.9 Å². The highest BCUT2D eigenvalue weighted by Crippen LogP contribution is 2.26. The lowest BCUT2D eigenvalue weighted by Crippen LogP contribution is -2.29. The number of benzene rings is 1.